The Labute approximate surface area is 130 Å². The molecular weight excluding hydrogens is 292 g/mol. The number of aryl methyl sites for hydroxylation is 1. The van der Waals surface area contributed by atoms with Gasteiger partial charge in [0.15, 0.2) is 0 Å². The van der Waals surface area contributed by atoms with Crippen molar-refractivity contribution in [1.29, 1.82) is 0 Å². The zero-order chi connectivity index (χ0) is 16.0. The summed E-state index contributed by atoms with van der Waals surface area (Å²) < 4.78 is 4.81. The van der Waals surface area contributed by atoms with E-state index in [0.29, 0.717) is 10.7 Å². The molecule has 1 atom stereocenters. The molecule has 0 saturated carbocycles. The highest BCUT2D eigenvalue weighted by Gasteiger charge is 2.24. The third kappa shape index (κ3) is 5.27. The van der Waals surface area contributed by atoms with Gasteiger partial charge in [-0.1, -0.05) is 31.5 Å². The highest BCUT2D eigenvalue weighted by molar-refractivity contribution is 6.31. The number of nitrogens with one attached hydrogen (secondary N) is 2. The van der Waals surface area contributed by atoms with Gasteiger partial charge in [-0.15, -0.1) is 0 Å². The van der Waals surface area contributed by atoms with Crippen molar-refractivity contribution in [2.45, 2.75) is 33.7 Å². The van der Waals surface area contributed by atoms with Gasteiger partial charge in [-0.3, -0.25) is 4.79 Å². The van der Waals surface area contributed by atoms with Gasteiger partial charge in [0.2, 0.25) is 5.91 Å². The first-order valence-corrected chi connectivity index (χ1v) is 7.23. The van der Waals surface area contributed by atoms with Gasteiger partial charge < -0.3 is 15.4 Å². The summed E-state index contributed by atoms with van der Waals surface area (Å²) in [5, 5.41) is 5.88. The number of rotatable bonds is 5. The zero-order valence-electron chi connectivity index (χ0n) is 12.7. The minimum Gasteiger partial charge on any atom is -0.450 e. The number of ether oxygens (including phenoxy) is 1. The second-order valence-corrected chi connectivity index (χ2v) is 5.45. The molecule has 0 bridgehead atoms. The summed E-state index contributed by atoms with van der Waals surface area (Å²) in [6.07, 6.45) is -0.603. The molecule has 2 N–H and O–H groups in total. The van der Waals surface area contributed by atoms with Crippen molar-refractivity contribution in [3.8, 4) is 0 Å². The van der Waals surface area contributed by atoms with E-state index in [2.05, 4.69) is 10.6 Å². The third-order valence-corrected chi connectivity index (χ3v) is 3.34. The predicted molar refractivity (Wildman–Crippen MR) is 83.6 cm³/mol. The van der Waals surface area contributed by atoms with Gasteiger partial charge in [-0.25, -0.2) is 4.79 Å². The first kappa shape index (κ1) is 17.3. The normalized spacial score (nSPS) is 11.9. The fourth-order valence-electron chi connectivity index (χ4n) is 1.73. The summed E-state index contributed by atoms with van der Waals surface area (Å²) in [7, 11) is 0. The molecule has 116 valence electrons. The van der Waals surface area contributed by atoms with E-state index in [-0.39, 0.29) is 18.4 Å². The maximum atomic E-state index is 12.3. The molecule has 0 fully saturated rings. The summed E-state index contributed by atoms with van der Waals surface area (Å²) in [6, 6.07) is 4.59. The number of hydrogen-bond donors (Lipinski definition) is 2. The van der Waals surface area contributed by atoms with Crippen LogP contribution in [0.1, 0.15) is 26.3 Å². The minimum absolute atomic E-state index is 0.0738. The van der Waals surface area contributed by atoms with Crippen LogP contribution in [0.4, 0.5) is 10.5 Å². The summed E-state index contributed by atoms with van der Waals surface area (Å²) in [5.41, 5.74) is 1.52. The van der Waals surface area contributed by atoms with Gasteiger partial charge in [-0.2, -0.15) is 0 Å². The topological polar surface area (TPSA) is 67.4 Å². The second kappa shape index (κ2) is 7.88. The lowest BCUT2D eigenvalue weighted by Crippen LogP contribution is -2.47. The molecule has 0 aromatic heterocycles. The number of alkyl carbamates (subject to hydrolysis) is 1. The third-order valence-electron chi connectivity index (χ3n) is 2.94. The van der Waals surface area contributed by atoms with Crippen molar-refractivity contribution in [2.75, 3.05) is 11.9 Å². The molecule has 0 aliphatic rings. The van der Waals surface area contributed by atoms with E-state index < -0.39 is 12.1 Å². The SMILES string of the molecule is CCOC(=O)N[C@@H](C(=O)Nc1ccc(C)c(Cl)c1)C(C)C. The Morgan fingerprint density at radius 1 is 1.33 bits per heavy atom. The molecule has 6 heteroatoms. The second-order valence-electron chi connectivity index (χ2n) is 5.04. The molecule has 0 aliphatic heterocycles. The first-order valence-electron chi connectivity index (χ1n) is 6.85. The minimum atomic E-state index is -0.677. The monoisotopic (exact) mass is 312 g/mol. The standard InChI is InChI=1S/C15H21ClN2O3/c1-5-21-15(20)18-13(9(2)3)14(19)17-11-7-6-10(4)12(16)8-11/h6-9,13H,5H2,1-4H3,(H,17,19)(H,18,20)/t13-/m1/s1. The molecular formula is C15H21ClN2O3. The molecule has 5 nitrogen and oxygen atoms in total. The summed E-state index contributed by atoms with van der Waals surface area (Å²) in [4.78, 5) is 23.7. The number of carbonyl (C=O) groups excluding carboxylic acids is 2. The van der Waals surface area contributed by atoms with Crippen molar-refractivity contribution in [2.24, 2.45) is 5.92 Å². The lowest BCUT2D eigenvalue weighted by Gasteiger charge is -2.21. The molecule has 0 spiro atoms. The fraction of sp³-hybridized carbons (Fsp3) is 0.467. The Hall–Kier alpha value is -1.75. The first-order chi connectivity index (χ1) is 9.85. The molecule has 0 saturated heterocycles. The number of amides is 2. The van der Waals surface area contributed by atoms with Crippen molar-refractivity contribution in [1.82, 2.24) is 5.32 Å². The number of benzene rings is 1. The van der Waals surface area contributed by atoms with Gasteiger partial charge in [0.25, 0.3) is 0 Å². The van der Waals surface area contributed by atoms with Crippen LogP contribution in [0, 0.1) is 12.8 Å². The quantitative estimate of drug-likeness (QED) is 0.876. The van der Waals surface area contributed by atoms with Gasteiger partial charge in [-0.05, 0) is 37.5 Å². The van der Waals surface area contributed by atoms with Crippen molar-refractivity contribution < 1.29 is 14.3 Å². The molecule has 1 aromatic carbocycles. The highest BCUT2D eigenvalue weighted by atomic mass is 35.5. The molecule has 0 heterocycles. The van der Waals surface area contributed by atoms with Crippen LogP contribution in [0.15, 0.2) is 18.2 Å². The number of hydrogen-bond acceptors (Lipinski definition) is 3. The number of halogens is 1. The molecule has 0 unspecified atom stereocenters. The van der Waals surface area contributed by atoms with Gasteiger partial charge in [0.1, 0.15) is 6.04 Å². The van der Waals surface area contributed by atoms with E-state index >= 15 is 0 Å². The molecule has 0 aliphatic carbocycles. The van der Waals surface area contributed by atoms with Crippen LogP contribution in [0.5, 0.6) is 0 Å². The largest absolute Gasteiger partial charge is 0.450 e. The van der Waals surface area contributed by atoms with Crippen molar-refractivity contribution >= 4 is 29.3 Å². The number of anilines is 1. The maximum Gasteiger partial charge on any atom is 0.407 e. The van der Waals surface area contributed by atoms with E-state index in [4.69, 9.17) is 16.3 Å². The Bertz CT molecular complexity index is 518. The number of carbonyl (C=O) groups is 2. The van der Waals surface area contributed by atoms with E-state index in [9.17, 15) is 9.59 Å². The van der Waals surface area contributed by atoms with Gasteiger partial charge in [0, 0.05) is 10.7 Å². The van der Waals surface area contributed by atoms with Gasteiger partial charge in [0.05, 0.1) is 6.61 Å². The molecule has 2 amide bonds. The predicted octanol–water partition coefficient (Wildman–Crippen LogP) is 3.36. The lowest BCUT2D eigenvalue weighted by molar-refractivity contribution is -0.119. The Morgan fingerprint density at radius 3 is 2.52 bits per heavy atom. The van der Waals surface area contributed by atoms with E-state index in [1.165, 1.54) is 0 Å². The Morgan fingerprint density at radius 2 is 2.00 bits per heavy atom. The molecule has 1 rings (SSSR count). The summed E-state index contributed by atoms with van der Waals surface area (Å²) in [5.74, 6) is -0.381. The van der Waals surface area contributed by atoms with Crippen LogP contribution in [0.2, 0.25) is 5.02 Å². The molecule has 21 heavy (non-hydrogen) atoms. The van der Waals surface area contributed by atoms with Crippen LogP contribution in [-0.2, 0) is 9.53 Å². The average molecular weight is 313 g/mol. The van der Waals surface area contributed by atoms with E-state index in [1.807, 2.05) is 26.8 Å². The zero-order valence-corrected chi connectivity index (χ0v) is 13.5. The van der Waals surface area contributed by atoms with Crippen LogP contribution >= 0.6 is 11.6 Å². The lowest BCUT2D eigenvalue weighted by atomic mass is 10.0. The summed E-state index contributed by atoms with van der Waals surface area (Å²) in [6.45, 7) is 7.54. The highest BCUT2D eigenvalue weighted by Crippen LogP contribution is 2.20. The van der Waals surface area contributed by atoms with Crippen LogP contribution in [0.25, 0.3) is 0 Å². The van der Waals surface area contributed by atoms with Crippen LogP contribution in [0.3, 0.4) is 0 Å². The van der Waals surface area contributed by atoms with Crippen LogP contribution in [-0.4, -0.2) is 24.6 Å². The molecule has 1 aromatic rings. The van der Waals surface area contributed by atoms with Crippen molar-refractivity contribution in [3.05, 3.63) is 28.8 Å². The fourth-order valence-corrected chi connectivity index (χ4v) is 1.91. The van der Waals surface area contributed by atoms with Crippen molar-refractivity contribution in [3.63, 3.8) is 0 Å². The van der Waals surface area contributed by atoms with Gasteiger partial charge >= 0.3 is 6.09 Å². The van der Waals surface area contributed by atoms with E-state index in [0.717, 1.165) is 5.56 Å². The summed E-state index contributed by atoms with van der Waals surface area (Å²) >= 11 is 6.02. The average Bonchev–Trinajstić information content (AvgIpc) is 2.40. The molecule has 0 radical (unpaired) electrons. The maximum absolute atomic E-state index is 12.3. The van der Waals surface area contributed by atoms with E-state index in [1.54, 1.807) is 19.1 Å². The Kier molecular flexibility index (Phi) is 6.49. The smallest absolute Gasteiger partial charge is 0.407 e. The Balaban J connectivity index is 2.76. The van der Waals surface area contributed by atoms with Crippen LogP contribution < -0.4 is 10.6 Å².